The van der Waals surface area contributed by atoms with Crippen LogP contribution in [0.1, 0.15) is 29.8 Å². The number of benzene rings is 2. The third-order valence-corrected chi connectivity index (χ3v) is 4.23. The lowest BCUT2D eigenvalue weighted by atomic mass is 10.0. The molecule has 1 atom stereocenters. The lowest BCUT2D eigenvalue weighted by Crippen LogP contribution is -2.50. The van der Waals surface area contributed by atoms with Gasteiger partial charge in [0.1, 0.15) is 11.9 Å². The molecule has 26 heavy (non-hydrogen) atoms. The quantitative estimate of drug-likeness (QED) is 0.775. The van der Waals surface area contributed by atoms with Crippen molar-refractivity contribution in [1.29, 1.82) is 0 Å². The average Bonchev–Trinajstić information content (AvgIpc) is 2.61. The molecule has 2 rings (SSSR count). The van der Waals surface area contributed by atoms with Gasteiger partial charge < -0.3 is 10.6 Å². The molecule has 6 heteroatoms. The zero-order valence-corrected chi connectivity index (χ0v) is 15.5. The summed E-state index contributed by atoms with van der Waals surface area (Å²) < 4.78 is 13.7. The van der Waals surface area contributed by atoms with Crippen LogP contribution in [0.5, 0.6) is 0 Å². The molecular weight excluding hydrogens is 355 g/mol. The van der Waals surface area contributed by atoms with Gasteiger partial charge in [0.05, 0.1) is 5.56 Å². The lowest BCUT2D eigenvalue weighted by Gasteiger charge is -2.22. The van der Waals surface area contributed by atoms with Crippen LogP contribution in [0.15, 0.2) is 48.5 Å². The first-order valence-electron chi connectivity index (χ1n) is 8.46. The molecular formula is C20H22ClFN2O2. The van der Waals surface area contributed by atoms with E-state index in [4.69, 9.17) is 11.6 Å². The molecule has 0 aliphatic rings. The second-order valence-corrected chi connectivity index (χ2v) is 6.78. The molecule has 0 aliphatic heterocycles. The molecule has 0 heterocycles. The van der Waals surface area contributed by atoms with Gasteiger partial charge in [-0.3, -0.25) is 9.59 Å². The Kier molecular flexibility index (Phi) is 7.16. The van der Waals surface area contributed by atoms with Gasteiger partial charge in [0.15, 0.2) is 0 Å². The topological polar surface area (TPSA) is 58.2 Å². The molecule has 4 nitrogen and oxygen atoms in total. The van der Waals surface area contributed by atoms with Crippen LogP contribution in [0.3, 0.4) is 0 Å². The second kappa shape index (κ2) is 9.34. The molecule has 0 saturated carbocycles. The summed E-state index contributed by atoms with van der Waals surface area (Å²) >= 11 is 5.85. The monoisotopic (exact) mass is 376 g/mol. The first-order chi connectivity index (χ1) is 12.4. The summed E-state index contributed by atoms with van der Waals surface area (Å²) in [6.07, 6.45) is 0.648. The van der Waals surface area contributed by atoms with E-state index in [9.17, 15) is 14.0 Å². The predicted octanol–water partition coefficient (Wildman–Crippen LogP) is 3.59. The molecule has 0 spiro atoms. The Hall–Kier alpha value is -2.40. The maximum atomic E-state index is 13.7. The maximum Gasteiger partial charge on any atom is 0.254 e. The highest BCUT2D eigenvalue weighted by atomic mass is 35.5. The van der Waals surface area contributed by atoms with Crippen molar-refractivity contribution in [3.8, 4) is 0 Å². The maximum absolute atomic E-state index is 13.7. The predicted molar refractivity (Wildman–Crippen MR) is 101 cm³/mol. The van der Waals surface area contributed by atoms with Crippen molar-refractivity contribution in [1.82, 2.24) is 10.6 Å². The molecule has 2 N–H and O–H groups in total. The Morgan fingerprint density at radius 1 is 1.08 bits per heavy atom. The zero-order valence-electron chi connectivity index (χ0n) is 14.8. The van der Waals surface area contributed by atoms with Crippen molar-refractivity contribution in [3.05, 3.63) is 70.5 Å². The van der Waals surface area contributed by atoms with Gasteiger partial charge in [-0.05, 0) is 42.2 Å². The summed E-state index contributed by atoms with van der Waals surface area (Å²) in [7, 11) is 0. The lowest BCUT2D eigenvalue weighted by molar-refractivity contribution is -0.123. The van der Waals surface area contributed by atoms with Crippen molar-refractivity contribution in [2.45, 2.75) is 26.3 Å². The summed E-state index contributed by atoms with van der Waals surface area (Å²) in [4.78, 5) is 24.7. The van der Waals surface area contributed by atoms with Gasteiger partial charge in [0.25, 0.3) is 5.91 Å². The van der Waals surface area contributed by atoms with Crippen LogP contribution in [-0.4, -0.2) is 24.4 Å². The van der Waals surface area contributed by atoms with E-state index in [1.54, 1.807) is 18.2 Å². The fourth-order valence-corrected chi connectivity index (χ4v) is 2.62. The Morgan fingerprint density at radius 3 is 2.35 bits per heavy atom. The van der Waals surface area contributed by atoms with Gasteiger partial charge >= 0.3 is 0 Å². The number of carbonyl (C=O) groups excluding carboxylic acids is 2. The van der Waals surface area contributed by atoms with Gasteiger partial charge in [-0.2, -0.15) is 0 Å². The molecule has 0 aliphatic carbocycles. The van der Waals surface area contributed by atoms with E-state index >= 15 is 0 Å². The van der Waals surface area contributed by atoms with E-state index in [1.165, 1.54) is 18.2 Å². The van der Waals surface area contributed by atoms with Crippen LogP contribution in [-0.2, 0) is 11.2 Å². The highest BCUT2D eigenvalue weighted by Crippen LogP contribution is 2.11. The Balaban J connectivity index is 1.93. The summed E-state index contributed by atoms with van der Waals surface area (Å²) in [6, 6.07) is 12.3. The minimum Gasteiger partial charge on any atom is -0.354 e. The van der Waals surface area contributed by atoms with Crippen molar-refractivity contribution in [2.75, 3.05) is 6.54 Å². The third kappa shape index (κ3) is 5.56. The fraction of sp³-hybridized carbons (Fsp3) is 0.300. The molecule has 0 fully saturated rings. The van der Waals surface area contributed by atoms with E-state index in [0.29, 0.717) is 18.0 Å². The van der Waals surface area contributed by atoms with Crippen molar-refractivity contribution in [2.24, 2.45) is 5.92 Å². The number of rotatable bonds is 7. The summed E-state index contributed by atoms with van der Waals surface area (Å²) in [5, 5.41) is 6.10. The number of carbonyl (C=O) groups is 2. The van der Waals surface area contributed by atoms with Crippen LogP contribution < -0.4 is 10.6 Å². The molecule has 0 saturated heterocycles. The van der Waals surface area contributed by atoms with E-state index in [1.807, 2.05) is 26.0 Å². The standard InChI is InChI=1S/C20H22ClFN2O2/c1-13(2)18(24-19(25)16-5-3-4-6-17(16)22)20(26)23-12-11-14-7-9-15(21)10-8-14/h3-10,13,18H,11-12H2,1-2H3,(H,23,26)(H,24,25)/t18-/m0/s1. The SMILES string of the molecule is CC(C)[C@H](NC(=O)c1ccccc1F)C(=O)NCCc1ccc(Cl)cc1. The number of amides is 2. The van der Waals surface area contributed by atoms with Crippen LogP contribution in [0, 0.1) is 11.7 Å². The van der Waals surface area contributed by atoms with Crippen LogP contribution in [0.2, 0.25) is 5.02 Å². The summed E-state index contributed by atoms with van der Waals surface area (Å²) in [5.41, 5.74) is 0.971. The smallest absolute Gasteiger partial charge is 0.254 e. The molecule has 138 valence electrons. The molecule has 0 bridgehead atoms. The second-order valence-electron chi connectivity index (χ2n) is 6.34. The largest absolute Gasteiger partial charge is 0.354 e. The van der Waals surface area contributed by atoms with Crippen molar-refractivity contribution >= 4 is 23.4 Å². The minimum atomic E-state index is -0.743. The molecule has 0 aromatic heterocycles. The van der Waals surface area contributed by atoms with Crippen molar-refractivity contribution in [3.63, 3.8) is 0 Å². The van der Waals surface area contributed by atoms with Gasteiger partial charge in [0, 0.05) is 11.6 Å². The number of hydrogen-bond donors (Lipinski definition) is 2. The fourth-order valence-electron chi connectivity index (χ4n) is 2.49. The highest BCUT2D eigenvalue weighted by Gasteiger charge is 2.25. The van der Waals surface area contributed by atoms with Gasteiger partial charge in [-0.15, -0.1) is 0 Å². The Labute approximate surface area is 157 Å². The van der Waals surface area contributed by atoms with Crippen molar-refractivity contribution < 1.29 is 14.0 Å². The van der Waals surface area contributed by atoms with E-state index in [-0.39, 0.29) is 17.4 Å². The molecule has 2 aromatic rings. The van der Waals surface area contributed by atoms with E-state index < -0.39 is 17.8 Å². The molecule has 2 amide bonds. The normalized spacial score (nSPS) is 11.9. The van der Waals surface area contributed by atoms with Crippen LogP contribution in [0.4, 0.5) is 4.39 Å². The zero-order chi connectivity index (χ0) is 19.1. The van der Waals surface area contributed by atoms with Crippen LogP contribution in [0.25, 0.3) is 0 Å². The van der Waals surface area contributed by atoms with Crippen LogP contribution >= 0.6 is 11.6 Å². The average molecular weight is 377 g/mol. The third-order valence-electron chi connectivity index (χ3n) is 3.98. The highest BCUT2D eigenvalue weighted by molar-refractivity contribution is 6.30. The minimum absolute atomic E-state index is 0.0767. The Bertz CT molecular complexity index is 763. The Morgan fingerprint density at radius 2 is 1.73 bits per heavy atom. The van der Waals surface area contributed by atoms with E-state index in [2.05, 4.69) is 10.6 Å². The summed E-state index contributed by atoms with van der Waals surface area (Å²) in [6.45, 7) is 4.08. The van der Waals surface area contributed by atoms with Gasteiger partial charge in [-0.25, -0.2) is 4.39 Å². The first kappa shape index (κ1) is 19.9. The van der Waals surface area contributed by atoms with Gasteiger partial charge in [-0.1, -0.05) is 49.7 Å². The molecule has 0 unspecified atom stereocenters. The number of nitrogens with one attached hydrogen (secondary N) is 2. The number of hydrogen-bond acceptors (Lipinski definition) is 2. The van der Waals surface area contributed by atoms with Gasteiger partial charge in [0.2, 0.25) is 5.91 Å². The molecule has 2 aromatic carbocycles. The molecule has 0 radical (unpaired) electrons. The summed E-state index contributed by atoms with van der Waals surface area (Å²) in [5.74, 6) is -1.65. The van der Waals surface area contributed by atoms with E-state index in [0.717, 1.165) is 5.56 Å². The number of halogens is 2. The first-order valence-corrected chi connectivity index (χ1v) is 8.84.